The van der Waals surface area contributed by atoms with Crippen molar-refractivity contribution >= 4 is 51.2 Å². The van der Waals surface area contributed by atoms with Gasteiger partial charge < -0.3 is 16.4 Å². The molecule has 0 aliphatic heterocycles. The Kier molecular flexibility index (Phi) is 5.04. The zero-order valence-corrected chi connectivity index (χ0v) is 16.0. The maximum atomic E-state index is 13.1. The summed E-state index contributed by atoms with van der Waals surface area (Å²) in [6.45, 7) is 0. The van der Waals surface area contributed by atoms with Gasteiger partial charge in [0.25, 0.3) is 0 Å². The van der Waals surface area contributed by atoms with E-state index in [2.05, 4.69) is 25.6 Å². The maximum absolute atomic E-state index is 13.1. The first kappa shape index (κ1) is 19.7. The molecule has 2 aromatic heterocycles. The molecule has 6 nitrogen and oxygen atoms in total. The van der Waals surface area contributed by atoms with Crippen molar-refractivity contribution in [2.24, 2.45) is 0 Å². The lowest BCUT2D eigenvalue weighted by atomic mass is 10.2. The second-order valence-corrected chi connectivity index (χ2v) is 6.71. The van der Waals surface area contributed by atoms with E-state index in [0.717, 1.165) is 23.0 Å². The Hall–Kier alpha value is -3.59. The number of nitrogen functional groups attached to an aromatic ring is 1. The molecule has 0 saturated carbocycles. The SMILES string of the molecule is Nc1c(Nc2ccc(Cl)c(C(F)(F)F)c2)ncnc1Nc1cccc2cccnc12. The molecule has 0 atom stereocenters. The number of pyridine rings is 1. The molecule has 152 valence electrons. The smallest absolute Gasteiger partial charge is 0.393 e. The van der Waals surface area contributed by atoms with Gasteiger partial charge in [-0.3, -0.25) is 4.98 Å². The second kappa shape index (κ2) is 7.68. The van der Waals surface area contributed by atoms with Crippen LogP contribution in [0.4, 0.5) is 41.9 Å². The number of hydrogen-bond donors (Lipinski definition) is 3. The number of alkyl halides is 3. The van der Waals surface area contributed by atoms with Crippen molar-refractivity contribution in [1.29, 1.82) is 0 Å². The van der Waals surface area contributed by atoms with Crippen LogP contribution in [-0.2, 0) is 6.18 Å². The summed E-state index contributed by atoms with van der Waals surface area (Å²) < 4.78 is 39.3. The van der Waals surface area contributed by atoms with Crippen molar-refractivity contribution in [2.75, 3.05) is 16.4 Å². The number of nitrogens with zero attached hydrogens (tertiary/aromatic N) is 3. The van der Waals surface area contributed by atoms with Crippen LogP contribution in [0.15, 0.2) is 61.1 Å². The van der Waals surface area contributed by atoms with Gasteiger partial charge in [-0.05, 0) is 30.3 Å². The van der Waals surface area contributed by atoms with Gasteiger partial charge in [-0.25, -0.2) is 9.97 Å². The van der Waals surface area contributed by atoms with Gasteiger partial charge in [-0.1, -0.05) is 29.8 Å². The third-order valence-corrected chi connectivity index (χ3v) is 4.63. The number of nitrogens with two attached hydrogens (primary N) is 1. The van der Waals surface area contributed by atoms with E-state index in [9.17, 15) is 13.2 Å². The third-order valence-electron chi connectivity index (χ3n) is 4.30. The molecule has 0 fully saturated rings. The van der Waals surface area contributed by atoms with Gasteiger partial charge in [0, 0.05) is 17.3 Å². The first-order valence-corrected chi connectivity index (χ1v) is 9.06. The van der Waals surface area contributed by atoms with Crippen LogP contribution in [0.2, 0.25) is 5.02 Å². The molecule has 0 spiro atoms. The summed E-state index contributed by atoms with van der Waals surface area (Å²) in [5, 5.41) is 6.42. The average molecular weight is 431 g/mol. The molecule has 0 aliphatic carbocycles. The highest BCUT2D eigenvalue weighted by atomic mass is 35.5. The Labute approximate surface area is 173 Å². The molecule has 2 aromatic carbocycles. The predicted molar refractivity (Wildman–Crippen MR) is 111 cm³/mol. The van der Waals surface area contributed by atoms with Gasteiger partial charge >= 0.3 is 6.18 Å². The van der Waals surface area contributed by atoms with Crippen molar-refractivity contribution in [1.82, 2.24) is 15.0 Å². The molecule has 2 heterocycles. The van der Waals surface area contributed by atoms with E-state index in [-0.39, 0.29) is 23.0 Å². The minimum atomic E-state index is -4.58. The fourth-order valence-corrected chi connectivity index (χ4v) is 3.11. The fraction of sp³-hybridized carbons (Fsp3) is 0.0500. The lowest BCUT2D eigenvalue weighted by molar-refractivity contribution is -0.137. The van der Waals surface area contributed by atoms with Crippen molar-refractivity contribution in [3.05, 3.63) is 71.6 Å². The van der Waals surface area contributed by atoms with Gasteiger partial charge in [0.15, 0.2) is 11.6 Å². The Morgan fingerprint density at radius 1 is 0.900 bits per heavy atom. The number of fused-ring (bicyclic) bond motifs is 1. The Bertz CT molecular complexity index is 1220. The Balaban J connectivity index is 1.66. The molecule has 4 aromatic rings. The molecule has 0 saturated heterocycles. The molecule has 0 radical (unpaired) electrons. The molecule has 30 heavy (non-hydrogen) atoms. The number of hydrogen-bond acceptors (Lipinski definition) is 6. The number of halogens is 4. The Morgan fingerprint density at radius 2 is 1.63 bits per heavy atom. The van der Waals surface area contributed by atoms with Crippen LogP contribution in [0.5, 0.6) is 0 Å². The monoisotopic (exact) mass is 430 g/mol. The lowest BCUT2D eigenvalue weighted by Crippen LogP contribution is -2.08. The number of anilines is 5. The van der Waals surface area contributed by atoms with Crippen LogP contribution in [0, 0.1) is 0 Å². The fourth-order valence-electron chi connectivity index (χ4n) is 2.88. The molecule has 0 unspecified atom stereocenters. The molecular weight excluding hydrogens is 417 g/mol. The zero-order valence-electron chi connectivity index (χ0n) is 15.2. The van der Waals surface area contributed by atoms with Crippen LogP contribution < -0.4 is 16.4 Å². The topological polar surface area (TPSA) is 88.8 Å². The van der Waals surface area contributed by atoms with E-state index in [1.807, 2.05) is 30.3 Å². The molecule has 0 amide bonds. The molecule has 0 bridgehead atoms. The first-order chi connectivity index (χ1) is 14.3. The maximum Gasteiger partial charge on any atom is 0.417 e. The van der Waals surface area contributed by atoms with Crippen molar-refractivity contribution < 1.29 is 13.2 Å². The number of benzene rings is 2. The van der Waals surface area contributed by atoms with E-state index in [0.29, 0.717) is 5.69 Å². The summed E-state index contributed by atoms with van der Waals surface area (Å²) in [5.74, 6) is 0.437. The first-order valence-electron chi connectivity index (χ1n) is 8.68. The van der Waals surface area contributed by atoms with Gasteiger partial charge in [-0.2, -0.15) is 13.2 Å². The summed E-state index contributed by atoms with van der Waals surface area (Å²) in [5.41, 5.74) is 6.87. The standard InChI is InChI=1S/C20H14ClF3N6/c21-14-7-6-12(9-13(14)20(22,23)24)29-18-16(25)19(28-10-27-18)30-15-5-1-3-11-4-2-8-26-17(11)15/h1-10H,25H2,(H2,27,28,29,30). The van der Waals surface area contributed by atoms with Crippen LogP contribution >= 0.6 is 11.6 Å². The van der Waals surface area contributed by atoms with Crippen LogP contribution in [0.3, 0.4) is 0 Å². The van der Waals surface area contributed by atoms with Gasteiger partial charge in [-0.15, -0.1) is 0 Å². The Morgan fingerprint density at radius 3 is 2.40 bits per heavy atom. The van der Waals surface area contributed by atoms with Crippen LogP contribution in [0.25, 0.3) is 10.9 Å². The summed E-state index contributed by atoms with van der Waals surface area (Å²) in [7, 11) is 0. The van der Waals surface area contributed by atoms with Crippen molar-refractivity contribution in [3.8, 4) is 0 Å². The van der Waals surface area contributed by atoms with Gasteiger partial charge in [0.05, 0.1) is 21.8 Å². The highest BCUT2D eigenvalue weighted by Crippen LogP contribution is 2.37. The van der Waals surface area contributed by atoms with Crippen LogP contribution in [0.1, 0.15) is 5.56 Å². The lowest BCUT2D eigenvalue weighted by Gasteiger charge is -2.15. The van der Waals surface area contributed by atoms with Crippen molar-refractivity contribution in [2.45, 2.75) is 6.18 Å². The molecule has 4 rings (SSSR count). The minimum absolute atomic E-state index is 0.133. The minimum Gasteiger partial charge on any atom is -0.393 e. The number of nitrogens with one attached hydrogen (secondary N) is 2. The summed E-state index contributed by atoms with van der Waals surface area (Å²) in [4.78, 5) is 12.5. The zero-order chi connectivity index (χ0) is 21.3. The normalized spacial score (nSPS) is 11.5. The molecule has 0 aliphatic rings. The average Bonchev–Trinajstić information content (AvgIpc) is 2.72. The second-order valence-electron chi connectivity index (χ2n) is 6.31. The van der Waals surface area contributed by atoms with E-state index in [1.165, 1.54) is 12.4 Å². The van der Waals surface area contributed by atoms with E-state index < -0.39 is 16.8 Å². The van der Waals surface area contributed by atoms with E-state index in [1.54, 1.807) is 6.20 Å². The highest BCUT2D eigenvalue weighted by Gasteiger charge is 2.33. The highest BCUT2D eigenvalue weighted by molar-refractivity contribution is 6.31. The predicted octanol–water partition coefficient (Wildman–Crippen LogP) is 5.77. The summed E-state index contributed by atoms with van der Waals surface area (Å²) >= 11 is 5.66. The van der Waals surface area contributed by atoms with Gasteiger partial charge in [0.1, 0.15) is 12.0 Å². The number of para-hydroxylation sites is 1. The number of aromatic nitrogens is 3. The quantitative estimate of drug-likeness (QED) is 0.381. The van der Waals surface area contributed by atoms with E-state index >= 15 is 0 Å². The summed E-state index contributed by atoms with van der Waals surface area (Å²) in [6.07, 6.45) is -1.66. The third kappa shape index (κ3) is 3.92. The van der Waals surface area contributed by atoms with E-state index in [4.69, 9.17) is 17.3 Å². The number of rotatable bonds is 4. The molecule has 10 heteroatoms. The molecular formula is C20H14ClF3N6. The molecule has 4 N–H and O–H groups in total. The largest absolute Gasteiger partial charge is 0.417 e. The van der Waals surface area contributed by atoms with Gasteiger partial charge in [0.2, 0.25) is 0 Å². The van der Waals surface area contributed by atoms with Crippen LogP contribution in [-0.4, -0.2) is 15.0 Å². The summed E-state index contributed by atoms with van der Waals surface area (Å²) in [6, 6.07) is 12.8. The van der Waals surface area contributed by atoms with Crippen molar-refractivity contribution in [3.63, 3.8) is 0 Å².